The van der Waals surface area contributed by atoms with E-state index in [0.29, 0.717) is 19.0 Å². The van der Waals surface area contributed by atoms with E-state index in [1.54, 1.807) is 21.1 Å². The molecule has 1 aliphatic rings. The summed E-state index contributed by atoms with van der Waals surface area (Å²) in [4.78, 5) is 6.86. The van der Waals surface area contributed by atoms with Gasteiger partial charge in [0.2, 0.25) is 10.0 Å². The van der Waals surface area contributed by atoms with Crippen LogP contribution in [0.15, 0.2) is 23.2 Å². The Kier molecular flexibility index (Phi) is 9.67. The average Bonchev–Trinajstić information content (AvgIpc) is 3.17. The van der Waals surface area contributed by atoms with Crippen LogP contribution < -0.4 is 24.8 Å². The number of guanidine groups is 1. The Morgan fingerprint density at radius 2 is 1.90 bits per heavy atom. The molecular formula is C20H35N5O4S. The Morgan fingerprint density at radius 3 is 2.50 bits per heavy atom. The fourth-order valence-corrected chi connectivity index (χ4v) is 3.90. The first-order valence-electron chi connectivity index (χ1n) is 10.4. The number of nitrogens with one attached hydrogen (secondary N) is 3. The monoisotopic (exact) mass is 441 g/mol. The van der Waals surface area contributed by atoms with Gasteiger partial charge in [0, 0.05) is 44.8 Å². The summed E-state index contributed by atoms with van der Waals surface area (Å²) in [5, 5.41) is 6.69. The van der Waals surface area contributed by atoms with Gasteiger partial charge < -0.3 is 20.1 Å². The second kappa shape index (κ2) is 12.0. The summed E-state index contributed by atoms with van der Waals surface area (Å²) >= 11 is 0. The lowest BCUT2D eigenvalue weighted by atomic mass is 10.2. The van der Waals surface area contributed by atoms with E-state index in [0.717, 1.165) is 49.7 Å². The van der Waals surface area contributed by atoms with Crippen LogP contribution in [0.4, 0.5) is 0 Å². The van der Waals surface area contributed by atoms with E-state index in [2.05, 4.69) is 25.2 Å². The van der Waals surface area contributed by atoms with Crippen LogP contribution in [0.1, 0.15) is 25.8 Å². The molecule has 1 fully saturated rings. The predicted molar refractivity (Wildman–Crippen MR) is 120 cm³/mol. The lowest BCUT2D eigenvalue weighted by Crippen LogP contribution is -2.45. The Labute approximate surface area is 180 Å². The molecule has 0 saturated carbocycles. The molecule has 1 saturated heterocycles. The number of ether oxygens (including phenoxy) is 2. The fourth-order valence-electron chi connectivity index (χ4n) is 3.29. The molecule has 0 radical (unpaired) electrons. The Balaban J connectivity index is 1.87. The van der Waals surface area contributed by atoms with E-state index < -0.39 is 10.0 Å². The number of hydrogen-bond donors (Lipinski definition) is 3. The predicted octanol–water partition coefficient (Wildman–Crippen LogP) is 0.773. The van der Waals surface area contributed by atoms with Gasteiger partial charge >= 0.3 is 0 Å². The summed E-state index contributed by atoms with van der Waals surface area (Å²) in [5.74, 6) is 2.37. The van der Waals surface area contributed by atoms with Crippen molar-refractivity contribution >= 4 is 16.0 Å². The van der Waals surface area contributed by atoms with E-state index in [1.807, 2.05) is 25.1 Å². The van der Waals surface area contributed by atoms with Gasteiger partial charge in [-0.2, -0.15) is 0 Å². The van der Waals surface area contributed by atoms with Gasteiger partial charge in [-0.3, -0.25) is 9.89 Å². The van der Waals surface area contributed by atoms with Crippen LogP contribution in [0.25, 0.3) is 0 Å². The quantitative estimate of drug-likeness (QED) is 0.265. The van der Waals surface area contributed by atoms with Crippen molar-refractivity contribution in [2.24, 2.45) is 4.99 Å². The zero-order valence-electron chi connectivity index (χ0n) is 18.4. The Hall–Kier alpha value is -2.04. The van der Waals surface area contributed by atoms with Crippen molar-refractivity contribution in [3.05, 3.63) is 23.8 Å². The van der Waals surface area contributed by atoms with Crippen LogP contribution >= 0.6 is 0 Å². The third-order valence-electron chi connectivity index (χ3n) is 4.86. The third kappa shape index (κ3) is 8.00. The van der Waals surface area contributed by atoms with Gasteiger partial charge in [-0.05, 0) is 38.0 Å². The molecule has 0 amide bonds. The van der Waals surface area contributed by atoms with Gasteiger partial charge in [-0.1, -0.05) is 0 Å². The van der Waals surface area contributed by atoms with Gasteiger partial charge in [0.05, 0.1) is 26.5 Å². The topological polar surface area (TPSA) is 104 Å². The minimum atomic E-state index is -3.18. The highest BCUT2D eigenvalue weighted by molar-refractivity contribution is 7.89. The Morgan fingerprint density at radius 1 is 1.20 bits per heavy atom. The first kappa shape index (κ1) is 24.2. The first-order chi connectivity index (χ1) is 14.4. The molecular weight excluding hydrogens is 406 g/mol. The number of nitrogens with zero attached hydrogens (tertiary/aromatic N) is 2. The zero-order valence-corrected chi connectivity index (χ0v) is 19.2. The highest BCUT2D eigenvalue weighted by Crippen LogP contribution is 2.24. The number of aliphatic imine (C=N–C) groups is 1. The summed E-state index contributed by atoms with van der Waals surface area (Å²) < 4.78 is 36.3. The fraction of sp³-hybridized carbons (Fsp3) is 0.650. The number of hydrogen-bond acceptors (Lipinski definition) is 6. The van der Waals surface area contributed by atoms with Crippen LogP contribution in [0.5, 0.6) is 11.5 Å². The minimum Gasteiger partial charge on any atom is -0.497 e. The van der Waals surface area contributed by atoms with Crippen LogP contribution in [0.2, 0.25) is 0 Å². The standard InChI is InChI=1S/C20H35N5O4S/c1-5-21-20(22-8-9-23-30(26,27)6-2)24-17-7-10-25(15-17)14-16-11-18(28-3)13-19(12-16)29-4/h11-13,17,23H,5-10,14-15H2,1-4H3,(H2,21,22,24). The van der Waals surface area contributed by atoms with Crippen LogP contribution in [-0.2, 0) is 16.6 Å². The lowest BCUT2D eigenvalue weighted by Gasteiger charge is -2.19. The largest absolute Gasteiger partial charge is 0.497 e. The van der Waals surface area contributed by atoms with E-state index in [1.165, 1.54) is 0 Å². The molecule has 1 atom stereocenters. The molecule has 30 heavy (non-hydrogen) atoms. The average molecular weight is 442 g/mol. The van der Waals surface area contributed by atoms with E-state index in [-0.39, 0.29) is 11.8 Å². The maximum atomic E-state index is 11.5. The van der Waals surface area contributed by atoms with E-state index in [9.17, 15) is 8.42 Å². The van der Waals surface area contributed by atoms with Crippen LogP contribution in [0.3, 0.4) is 0 Å². The molecule has 10 heteroatoms. The van der Waals surface area contributed by atoms with Crippen molar-refractivity contribution in [1.82, 2.24) is 20.3 Å². The van der Waals surface area contributed by atoms with Crippen molar-refractivity contribution in [2.75, 3.05) is 52.7 Å². The molecule has 1 unspecified atom stereocenters. The number of methoxy groups -OCH3 is 2. The molecule has 0 spiro atoms. The first-order valence-corrected chi connectivity index (χ1v) is 12.0. The molecule has 9 nitrogen and oxygen atoms in total. The van der Waals surface area contributed by atoms with Crippen molar-refractivity contribution in [3.8, 4) is 11.5 Å². The van der Waals surface area contributed by atoms with E-state index >= 15 is 0 Å². The van der Waals surface area contributed by atoms with Gasteiger partial charge in [0.25, 0.3) is 0 Å². The SMILES string of the molecule is CCNC(=NCCNS(=O)(=O)CC)NC1CCN(Cc2cc(OC)cc(OC)c2)C1. The molecule has 0 aliphatic carbocycles. The molecule has 1 aromatic rings. The summed E-state index contributed by atoms with van der Waals surface area (Å²) in [6.07, 6.45) is 1.01. The Bertz CT molecular complexity index is 778. The molecule has 170 valence electrons. The number of sulfonamides is 1. The minimum absolute atomic E-state index is 0.0755. The van der Waals surface area contributed by atoms with Gasteiger partial charge in [-0.25, -0.2) is 13.1 Å². The normalized spacial score (nSPS) is 17.7. The number of likely N-dealkylation sites (tertiary alicyclic amines) is 1. The summed E-state index contributed by atoms with van der Waals surface area (Å²) in [7, 11) is 0.128. The summed E-state index contributed by atoms with van der Waals surface area (Å²) in [5.41, 5.74) is 1.15. The molecule has 2 rings (SSSR count). The highest BCUT2D eigenvalue weighted by atomic mass is 32.2. The molecule has 1 aliphatic heterocycles. The second-order valence-electron chi connectivity index (χ2n) is 7.14. The van der Waals surface area contributed by atoms with Crippen LogP contribution in [0, 0.1) is 0 Å². The van der Waals surface area contributed by atoms with Gasteiger partial charge in [-0.15, -0.1) is 0 Å². The van der Waals surface area contributed by atoms with Crippen LogP contribution in [-0.4, -0.2) is 78.0 Å². The van der Waals surface area contributed by atoms with Gasteiger partial charge in [0.15, 0.2) is 5.96 Å². The molecule has 0 bridgehead atoms. The number of rotatable bonds is 11. The maximum Gasteiger partial charge on any atom is 0.211 e. The van der Waals surface area contributed by atoms with Crippen molar-refractivity contribution in [1.29, 1.82) is 0 Å². The molecule has 1 aromatic carbocycles. The van der Waals surface area contributed by atoms with Crippen molar-refractivity contribution in [2.45, 2.75) is 32.9 Å². The summed E-state index contributed by atoms with van der Waals surface area (Å²) in [6.45, 7) is 7.73. The van der Waals surface area contributed by atoms with Crippen molar-refractivity contribution < 1.29 is 17.9 Å². The molecule has 3 N–H and O–H groups in total. The highest BCUT2D eigenvalue weighted by Gasteiger charge is 2.23. The number of benzene rings is 1. The van der Waals surface area contributed by atoms with E-state index in [4.69, 9.17) is 9.47 Å². The molecule has 1 heterocycles. The molecule has 0 aromatic heterocycles. The zero-order chi connectivity index (χ0) is 22.0. The van der Waals surface area contributed by atoms with Gasteiger partial charge in [0.1, 0.15) is 11.5 Å². The van der Waals surface area contributed by atoms with Crippen molar-refractivity contribution in [3.63, 3.8) is 0 Å². The summed E-state index contributed by atoms with van der Waals surface area (Å²) in [6, 6.07) is 6.22. The third-order valence-corrected chi connectivity index (χ3v) is 6.26. The maximum absolute atomic E-state index is 11.5. The second-order valence-corrected chi connectivity index (χ2v) is 9.24. The smallest absolute Gasteiger partial charge is 0.211 e. The lowest BCUT2D eigenvalue weighted by molar-refractivity contribution is 0.321.